The molecular weight excluding hydrogens is 235 g/mol. The van der Waals surface area contributed by atoms with Gasteiger partial charge in [-0.05, 0) is 19.9 Å². The lowest BCUT2D eigenvalue weighted by Gasteiger charge is -2.22. The van der Waals surface area contributed by atoms with Crippen molar-refractivity contribution in [3.05, 3.63) is 29.6 Å². The van der Waals surface area contributed by atoms with E-state index < -0.39 is 23.9 Å². The Bertz CT molecular complexity index is 368. The van der Waals surface area contributed by atoms with Crippen LogP contribution >= 0.6 is 0 Å². The van der Waals surface area contributed by atoms with Gasteiger partial charge in [0.05, 0.1) is 11.7 Å². The first-order valence-corrected chi connectivity index (χ1v) is 5.18. The molecule has 0 aliphatic rings. The van der Waals surface area contributed by atoms with Gasteiger partial charge in [-0.25, -0.2) is 0 Å². The van der Waals surface area contributed by atoms with Gasteiger partial charge in [0.15, 0.2) is 0 Å². The van der Waals surface area contributed by atoms with Crippen molar-refractivity contribution in [1.82, 2.24) is 4.98 Å². The summed E-state index contributed by atoms with van der Waals surface area (Å²) in [5.41, 5.74) is -1.15. The number of aromatic nitrogens is 1. The lowest BCUT2D eigenvalue weighted by Crippen LogP contribution is -2.22. The molecular formula is C11H14F3NO2. The van der Waals surface area contributed by atoms with Gasteiger partial charge in [-0.15, -0.1) is 0 Å². The number of hydrogen-bond donors (Lipinski definition) is 1. The lowest BCUT2D eigenvalue weighted by molar-refractivity contribution is -0.140. The van der Waals surface area contributed by atoms with Gasteiger partial charge in [-0.1, -0.05) is 0 Å². The van der Waals surface area contributed by atoms with Crippen LogP contribution in [0.4, 0.5) is 13.2 Å². The van der Waals surface area contributed by atoms with Gasteiger partial charge in [0.2, 0.25) is 0 Å². The SMILES string of the molecule is CCOC(C)C(O)c1cnccc1C(F)(F)F. The third-order valence-electron chi connectivity index (χ3n) is 2.35. The number of aliphatic hydroxyl groups excluding tert-OH is 1. The Hall–Kier alpha value is -1.14. The highest BCUT2D eigenvalue weighted by Crippen LogP contribution is 2.35. The highest BCUT2D eigenvalue weighted by molar-refractivity contribution is 5.28. The van der Waals surface area contributed by atoms with E-state index in [1.165, 1.54) is 6.92 Å². The van der Waals surface area contributed by atoms with Gasteiger partial charge in [-0.3, -0.25) is 4.98 Å². The zero-order valence-electron chi connectivity index (χ0n) is 9.53. The van der Waals surface area contributed by atoms with Crippen molar-refractivity contribution in [3.8, 4) is 0 Å². The maximum absolute atomic E-state index is 12.7. The second-order valence-electron chi connectivity index (χ2n) is 3.57. The van der Waals surface area contributed by atoms with E-state index in [2.05, 4.69) is 4.98 Å². The van der Waals surface area contributed by atoms with Crippen molar-refractivity contribution in [2.24, 2.45) is 0 Å². The molecule has 0 spiro atoms. The van der Waals surface area contributed by atoms with Crippen molar-refractivity contribution >= 4 is 0 Å². The molecule has 1 N–H and O–H groups in total. The predicted molar refractivity (Wildman–Crippen MR) is 55.3 cm³/mol. The fraction of sp³-hybridized carbons (Fsp3) is 0.545. The zero-order chi connectivity index (χ0) is 13.1. The molecule has 0 saturated carbocycles. The van der Waals surface area contributed by atoms with Crippen LogP contribution in [0.25, 0.3) is 0 Å². The smallest absolute Gasteiger partial charge is 0.386 e. The van der Waals surface area contributed by atoms with Crippen LogP contribution in [0, 0.1) is 0 Å². The minimum Gasteiger partial charge on any atom is -0.386 e. The Kier molecular flexibility index (Phi) is 4.47. The Morgan fingerprint density at radius 2 is 2.12 bits per heavy atom. The minimum atomic E-state index is -4.51. The number of nitrogens with zero attached hydrogens (tertiary/aromatic N) is 1. The number of halogens is 3. The molecule has 0 amide bonds. The van der Waals surface area contributed by atoms with Gasteiger partial charge in [0.1, 0.15) is 6.10 Å². The second-order valence-corrected chi connectivity index (χ2v) is 3.57. The Morgan fingerprint density at radius 1 is 1.47 bits per heavy atom. The van der Waals surface area contributed by atoms with E-state index in [0.717, 1.165) is 18.5 Å². The maximum Gasteiger partial charge on any atom is 0.416 e. The van der Waals surface area contributed by atoms with Gasteiger partial charge < -0.3 is 9.84 Å². The topological polar surface area (TPSA) is 42.4 Å². The predicted octanol–water partition coefficient (Wildman–Crippen LogP) is 2.56. The third kappa shape index (κ3) is 3.41. The largest absolute Gasteiger partial charge is 0.416 e. The fourth-order valence-electron chi connectivity index (χ4n) is 1.51. The molecule has 0 aliphatic heterocycles. The molecule has 1 aromatic heterocycles. The van der Waals surface area contributed by atoms with E-state index in [1.807, 2.05) is 0 Å². The number of aliphatic hydroxyl groups is 1. The summed E-state index contributed by atoms with van der Waals surface area (Å²) in [6, 6.07) is 0.844. The van der Waals surface area contributed by atoms with Crippen LogP contribution in [0.2, 0.25) is 0 Å². The van der Waals surface area contributed by atoms with Gasteiger partial charge >= 0.3 is 6.18 Å². The third-order valence-corrected chi connectivity index (χ3v) is 2.35. The molecule has 0 radical (unpaired) electrons. The summed E-state index contributed by atoms with van der Waals surface area (Å²) in [5, 5.41) is 9.80. The normalized spacial score (nSPS) is 15.6. The van der Waals surface area contributed by atoms with Crippen LogP contribution in [-0.2, 0) is 10.9 Å². The van der Waals surface area contributed by atoms with Crippen LogP contribution < -0.4 is 0 Å². The summed E-state index contributed by atoms with van der Waals surface area (Å²) in [6.07, 6.45) is -4.51. The van der Waals surface area contributed by atoms with Crippen LogP contribution in [0.1, 0.15) is 31.1 Å². The minimum absolute atomic E-state index is 0.263. The highest BCUT2D eigenvalue weighted by atomic mass is 19.4. The first-order chi connectivity index (χ1) is 7.88. The number of rotatable bonds is 4. The number of ether oxygens (including phenoxy) is 1. The van der Waals surface area contributed by atoms with E-state index in [9.17, 15) is 18.3 Å². The standard InChI is InChI=1S/C11H14F3NO2/c1-3-17-7(2)10(16)8-6-15-5-4-9(8)11(12,13)14/h4-7,10,16H,3H2,1-2H3. The Balaban J connectivity index is 3.05. The molecule has 1 rings (SSSR count). The maximum atomic E-state index is 12.7. The monoisotopic (exact) mass is 249 g/mol. The molecule has 2 unspecified atom stereocenters. The molecule has 0 aliphatic carbocycles. The van der Waals surface area contributed by atoms with Gasteiger partial charge in [0, 0.05) is 24.6 Å². The summed E-state index contributed by atoms with van der Waals surface area (Å²) >= 11 is 0. The molecule has 6 heteroatoms. The van der Waals surface area contributed by atoms with Crippen LogP contribution in [0.15, 0.2) is 18.5 Å². The average Bonchev–Trinajstić information content (AvgIpc) is 2.27. The summed E-state index contributed by atoms with van der Waals surface area (Å²) in [7, 11) is 0. The Labute approximate surface area is 97.2 Å². The summed E-state index contributed by atoms with van der Waals surface area (Å²) in [6.45, 7) is 3.54. The number of pyridine rings is 1. The first-order valence-electron chi connectivity index (χ1n) is 5.18. The summed E-state index contributed by atoms with van der Waals surface area (Å²) in [4.78, 5) is 3.61. The second kappa shape index (κ2) is 5.46. The molecule has 17 heavy (non-hydrogen) atoms. The van der Waals surface area contributed by atoms with E-state index in [1.54, 1.807) is 6.92 Å². The van der Waals surface area contributed by atoms with Crippen LogP contribution in [0.3, 0.4) is 0 Å². The van der Waals surface area contributed by atoms with Crippen molar-refractivity contribution < 1.29 is 23.0 Å². The molecule has 0 saturated heterocycles. The van der Waals surface area contributed by atoms with E-state index >= 15 is 0 Å². The van der Waals surface area contributed by atoms with Crippen molar-refractivity contribution in [1.29, 1.82) is 0 Å². The van der Waals surface area contributed by atoms with E-state index in [0.29, 0.717) is 6.61 Å². The molecule has 2 atom stereocenters. The first kappa shape index (κ1) is 13.9. The van der Waals surface area contributed by atoms with E-state index in [4.69, 9.17) is 4.74 Å². The van der Waals surface area contributed by atoms with Gasteiger partial charge in [-0.2, -0.15) is 13.2 Å². The van der Waals surface area contributed by atoms with Crippen LogP contribution in [-0.4, -0.2) is 22.8 Å². The van der Waals surface area contributed by atoms with Crippen molar-refractivity contribution in [2.45, 2.75) is 32.2 Å². The van der Waals surface area contributed by atoms with Gasteiger partial charge in [0.25, 0.3) is 0 Å². The summed E-state index contributed by atoms with van der Waals surface area (Å²) in [5.74, 6) is 0. The Morgan fingerprint density at radius 3 is 2.65 bits per heavy atom. The molecule has 0 fully saturated rings. The lowest BCUT2D eigenvalue weighted by atomic mass is 10.0. The van der Waals surface area contributed by atoms with Crippen molar-refractivity contribution in [2.75, 3.05) is 6.61 Å². The average molecular weight is 249 g/mol. The highest BCUT2D eigenvalue weighted by Gasteiger charge is 2.36. The molecule has 3 nitrogen and oxygen atoms in total. The number of alkyl halides is 3. The molecule has 1 aromatic rings. The van der Waals surface area contributed by atoms with Crippen LogP contribution in [0.5, 0.6) is 0 Å². The summed E-state index contributed by atoms with van der Waals surface area (Å²) < 4.78 is 43.1. The van der Waals surface area contributed by atoms with Crippen molar-refractivity contribution in [3.63, 3.8) is 0 Å². The van der Waals surface area contributed by atoms with E-state index in [-0.39, 0.29) is 5.56 Å². The molecule has 0 aromatic carbocycles. The molecule has 96 valence electrons. The quantitative estimate of drug-likeness (QED) is 0.891. The molecule has 1 heterocycles. The fourth-order valence-corrected chi connectivity index (χ4v) is 1.51. The molecule has 0 bridgehead atoms. The zero-order valence-corrected chi connectivity index (χ0v) is 9.53. The number of hydrogen-bond acceptors (Lipinski definition) is 3.